The molecule has 44 heavy (non-hydrogen) atoms. The van der Waals surface area contributed by atoms with Gasteiger partial charge in [0.15, 0.2) is 0 Å². The fraction of sp³-hybridized carbons (Fsp3) is 0.484. The molecule has 1 aliphatic heterocycles. The van der Waals surface area contributed by atoms with Crippen LogP contribution in [0.15, 0.2) is 42.5 Å². The molecule has 2 aromatic rings. The quantitative estimate of drug-likeness (QED) is 0.132. The van der Waals surface area contributed by atoms with Crippen molar-refractivity contribution in [1.82, 2.24) is 21.3 Å². The highest BCUT2D eigenvalue weighted by molar-refractivity contribution is 5.93. The van der Waals surface area contributed by atoms with Crippen LogP contribution in [0.5, 0.6) is 5.75 Å². The van der Waals surface area contributed by atoms with Gasteiger partial charge in [0.05, 0.1) is 12.1 Å². The Morgan fingerprint density at radius 3 is 2.43 bits per heavy atom. The zero-order chi connectivity index (χ0) is 32.1. The monoisotopic (exact) mass is 610 g/mol. The second kappa shape index (κ2) is 17.3. The van der Waals surface area contributed by atoms with Crippen molar-refractivity contribution in [1.29, 1.82) is 0 Å². The van der Waals surface area contributed by atoms with Crippen LogP contribution in [-0.2, 0) is 32.0 Å². The molecule has 3 rings (SSSR count). The van der Waals surface area contributed by atoms with Crippen LogP contribution in [0, 0.1) is 0 Å². The van der Waals surface area contributed by atoms with Crippen LogP contribution in [-0.4, -0.2) is 79.1 Å². The van der Waals surface area contributed by atoms with Crippen LogP contribution in [0.1, 0.15) is 43.2 Å². The summed E-state index contributed by atoms with van der Waals surface area (Å²) in [5, 5.41) is 21.5. The average Bonchev–Trinajstić information content (AvgIpc) is 3.01. The molecule has 0 saturated heterocycles. The van der Waals surface area contributed by atoms with E-state index in [4.69, 9.17) is 22.9 Å². The molecule has 1 unspecified atom stereocenters. The first-order valence-corrected chi connectivity index (χ1v) is 15.1. The van der Waals surface area contributed by atoms with E-state index >= 15 is 0 Å². The number of rotatable bonds is 12. The zero-order valence-electron chi connectivity index (χ0n) is 25.0. The third kappa shape index (κ3) is 10.3. The lowest BCUT2D eigenvalue weighted by Crippen LogP contribution is -2.56. The van der Waals surface area contributed by atoms with Crippen molar-refractivity contribution in [2.24, 2.45) is 22.9 Å². The van der Waals surface area contributed by atoms with Gasteiger partial charge in [-0.05, 0) is 73.0 Å². The fourth-order valence-corrected chi connectivity index (χ4v) is 5.00. The summed E-state index contributed by atoms with van der Waals surface area (Å²) in [7, 11) is 0. The first-order valence-electron chi connectivity index (χ1n) is 15.1. The van der Waals surface area contributed by atoms with E-state index in [1.54, 1.807) is 18.2 Å². The minimum absolute atomic E-state index is 0.0171. The lowest BCUT2D eigenvalue weighted by Gasteiger charge is -2.24. The van der Waals surface area contributed by atoms with Gasteiger partial charge in [-0.1, -0.05) is 30.3 Å². The van der Waals surface area contributed by atoms with Crippen LogP contribution < -0.4 is 44.2 Å². The Bertz CT molecular complexity index is 1290. The van der Waals surface area contributed by atoms with Gasteiger partial charge < -0.3 is 49.3 Å². The van der Waals surface area contributed by atoms with Crippen molar-refractivity contribution < 1.29 is 24.3 Å². The number of aromatic hydroxyl groups is 1. The van der Waals surface area contributed by atoms with Gasteiger partial charge in [-0.3, -0.25) is 19.2 Å². The number of hydrogen-bond acceptors (Lipinski definition) is 9. The molecule has 13 heteroatoms. The van der Waals surface area contributed by atoms with Gasteiger partial charge in [-0.15, -0.1) is 0 Å². The predicted octanol–water partition coefficient (Wildman–Crippen LogP) is -1.12. The maximum atomic E-state index is 13.5. The van der Waals surface area contributed by atoms with Crippen LogP contribution in [0.2, 0.25) is 0 Å². The number of carbonyl (C=O) groups excluding carboxylic acids is 4. The minimum Gasteiger partial charge on any atom is -0.508 e. The molecule has 240 valence electrons. The average molecular weight is 611 g/mol. The molecule has 13 N–H and O–H groups in total. The van der Waals surface area contributed by atoms with Gasteiger partial charge >= 0.3 is 0 Å². The van der Waals surface area contributed by atoms with Gasteiger partial charge in [0.25, 0.3) is 0 Å². The second-order valence-corrected chi connectivity index (χ2v) is 11.1. The van der Waals surface area contributed by atoms with E-state index in [-0.39, 0.29) is 36.8 Å². The number of nitrogens with one attached hydrogen (secondary N) is 4. The van der Waals surface area contributed by atoms with Crippen LogP contribution in [0.4, 0.5) is 0 Å². The van der Waals surface area contributed by atoms with E-state index in [2.05, 4.69) is 21.3 Å². The number of nitrogens with two attached hydrogens (primary N) is 4. The highest BCUT2D eigenvalue weighted by Crippen LogP contribution is 2.28. The number of hydrogen-bond donors (Lipinski definition) is 9. The standard InChI is InChI=1S/C31H46N8O5/c32-11-4-8-25-31(44)39-26(30(43)36-13-2-1-7-23(34)28(41)37-14-12-33)16-19-5-3-6-20(15-19)21-9-10-27(40)22(17-21)18-24(35)29(42)38-25/h3,5-6,9-10,15,17,23-26,40H,1-2,4,7-8,11-14,16,18,32-35H2,(H,36,43)(H,37,41)(H,38,42)(H,39,44)/t23-,24?,25-,26-/m0/s1. The molecule has 1 heterocycles. The Morgan fingerprint density at radius 2 is 1.68 bits per heavy atom. The van der Waals surface area contributed by atoms with Crippen molar-refractivity contribution in [2.45, 2.75) is 69.1 Å². The van der Waals surface area contributed by atoms with E-state index in [1.807, 2.05) is 24.3 Å². The summed E-state index contributed by atoms with van der Waals surface area (Å²) in [6, 6.07) is 9.09. The highest BCUT2D eigenvalue weighted by Gasteiger charge is 2.29. The number of amides is 4. The van der Waals surface area contributed by atoms with E-state index in [9.17, 15) is 24.3 Å². The number of unbranched alkanes of at least 4 members (excludes halogenated alkanes) is 1. The first kappa shape index (κ1) is 34.5. The summed E-state index contributed by atoms with van der Waals surface area (Å²) >= 11 is 0. The maximum absolute atomic E-state index is 13.5. The highest BCUT2D eigenvalue weighted by atomic mass is 16.3. The maximum Gasteiger partial charge on any atom is 0.243 e. The summed E-state index contributed by atoms with van der Waals surface area (Å²) in [5.41, 5.74) is 26.2. The molecule has 1 aliphatic rings. The van der Waals surface area contributed by atoms with Crippen molar-refractivity contribution in [3.63, 3.8) is 0 Å². The van der Waals surface area contributed by atoms with E-state index in [0.29, 0.717) is 57.4 Å². The summed E-state index contributed by atoms with van der Waals surface area (Å²) in [5.74, 6) is -1.71. The second-order valence-electron chi connectivity index (χ2n) is 11.1. The number of fused-ring (bicyclic) bond motifs is 5. The number of carbonyl (C=O) groups is 4. The van der Waals surface area contributed by atoms with Gasteiger partial charge in [0, 0.05) is 32.5 Å². The summed E-state index contributed by atoms with van der Waals surface area (Å²) in [4.78, 5) is 51.8. The van der Waals surface area contributed by atoms with Crippen LogP contribution in [0.3, 0.4) is 0 Å². The Morgan fingerprint density at radius 1 is 0.909 bits per heavy atom. The molecule has 13 nitrogen and oxygen atoms in total. The Hall–Kier alpha value is -4.04. The number of phenols is 1. The van der Waals surface area contributed by atoms with Crippen molar-refractivity contribution in [3.8, 4) is 16.9 Å². The summed E-state index contributed by atoms with van der Waals surface area (Å²) in [6.45, 7) is 1.32. The fourth-order valence-electron chi connectivity index (χ4n) is 5.00. The Balaban J connectivity index is 1.80. The molecule has 0 aliphatic carbocycles. The number of phenolic OH excluding ortho intramolecular Hbond substituents is 1. The Labute approximate surface area is 257 Å². The summed E-state index contributed by atoms with van der Waals surface area (Å²) in [6.07, 6.45) is 2.61. The van der Waals surface area contributed by atoms with Crippen LogP contribution in [0.25, 0.3) is 11.1 Å². The third-order valence-corrected chi connectivity index (χ3v) is 7.54. The lowest BCUT2D eigenvalue weighted by molar-refractivity contribution is -0.132. The van der Waals surface area contributed by atoms with Gasteiger partial charge in [-0.2, -0.15) is 0 Å². The zero-order valence-corrected chi connectivity index (χ0v) is 25.0. The largest absolute Gasteiger partial charge is 0.508 e. The molecule has 4 bridgehead atoms. The molecular formula is C31H46N8O5. The Kier molecular flexibility index (Phi) is 13.5. The first-order chi connectivity index (χ1) is 21.1. The summed E-state index contributed by atoms with van der Waals surface area (Å²) < 4.78 is 0. The molecule has 0 radical (unpaired) electrons. The molecule has 4 amide bonds. The van der Waals surface area contributed by atoms with Crippen molar-refractivity contribution >= 4 is 23.6 Å². The molecule has 2 aromatic carbocycles. The van der Waals surface area contributed by atoms with Gasteiger partial charge in [0.2, 0.25) is 23.6 Å². The molecular weight excluding hydrogens is 564 g/mol. The predicted molar refractivity (Wildman–Crippen MR) is 168 cm³/mol. The lowest BCUT2D eigenvalue weighted by atomic mass is 9.96. The number of benzene rings is 2. The van der Waals surface area contributed by atoms with E-state index in [1.165, 1.54) is 0 Å². The minimum atomic E-state index is -1.03. The SMILES string of the molecule is NCCC[C@@H]1NC(=O)C(N)Cc2cc(ccc2O)-c2cccc(c2)C[C@@H](C(=O)NCCCC[C@H](N)C(=O)NCCN)NC1=O. The van der Waals surface area contributed by atoms with Crippen molar-refractivity contribution in [2.75, 3.05) is 26.2 Å². The molecule has 0 fully saturated rings. The van der Waals surface area contributed by atoms with Gasteiger partial charge in [0.1, 0.15) is 17.8 Å². The topological polar surface area (TPSA) is 241 Å². The molecule has 4 atom stereocenters. The normalized spacial score (nSPS) is 19.5. The molecule has 0 spiro atoms. The molecule has 0 saturated carbocycles. The van der Waals surface area contributed by atoms with E-state index in [0.717, 1.165) is 16.7 Å². The van der Waals surface area contributed by atoms with Crippen LogP contribution >= 0.6 is 0 Å². The van der Waals surface area contributed by atoms with E-state index < -0.39 is 36.0 Å². The van der Waals surface area contributed by atoms with Crippen molar-refractivity contribution in [3.05, 3.63) is 53.6 Å². The third-order valence-electron chi connectivity index (χ3n) is 7.54. The molecule has 0 aromatic heterocycles. The smallest absolute Gasteiger partial charge is 0.243 e. The van der Waals surface area contributed by atoms with Gasteiger partial charge in [-0.25, -0.2) is 0 Å².